The molecule has 0 spiro atoms. The maximum Gasteiger partial charge on any atom is 0.438 e. The Bertz CT molecular complexity index is 476. The zero-order valence-electron chi connectivity index (χ0n) is 15.6. The summed E-state index contributed by atoms with van der Waals surface area (Å²) in [5, 5.41) is 11.7. The largest absolute Gasteiger partial charge is 0.438 e. The predicted molar refractivity (Wildman–Crippen MR) is 96.6 cm³/mol. The van der Waals surface area contributed by atoms with Gasteiger partial charge in [0.2, 0.25) is 0 Å². The van der Waals surface area contributed by atoms with Crippen LogP contribution in [0.1, 0.15) is 38.5 Å². The van der Waals surface area contributed by atoms with Gasteiger partial charge in [-0.2, -0.15) is 9.78 Å². The zero-order valence-corrected chi connectivity index (χ0v) is 15.6. The highest BCUT2D eigenvalue weighted by molar-refractivity contribution is 5.66. The average molecular weight is 402 g/mol. The SMILES string of the molecule is [N-]=[N+]=NCCCOOC(=O)NCCCCCCNC(=O)OOCCCN=[N+]=[N-]. The van der Waals surface area contributed by atoms with Gasteiger partial charge in [-0.1, -0.05) is 23.1 Å². The molecule has 0 aliphatic rings. The van der Waals surface area contributed by atoms with Crippen LogP contribution in [0.15, 0.2) is 10.2 Å². The molecule has 0 aliphatic carbocycles. The summed E-state index contributed by atoms with van der Waals surface area (Å²) in [7, 11) is 0. The van der Waals surface area contributed by atoms with E-state index in [1.807, 2.05) is 0 Å². The van der Waals surface area contributed by atoms with Crippen LogP contribution in [0.4, 0.5) is 9.59 Å². The normalized spacial score (nSPS) is 9.57. The van der Waals surface area contributed by atoms with Crippen molar-refractivity contribution in [2.75, 3.05) is 39.4 Å². The molecule has 2 amide bonds. The lowest BCUT2D eigenvalue weighted by Crippen LogP contribution is -2.26. The standard InChI is InChI=1S/C14H26N8O6/c15-21-19-9-5-11-25-27-13(23)17-7-3-1-2-4-8-18-14(24)28-26-12-6-10-20-22-16/h1-12H2,(H,17,23)(H,18,24). The number of nitrogens with one attached hydrogen (secondary N) is 2. The molecule has 28 heavy (non-hydrogen) atoms. The van der Waals surface area contributed by atoms with Crippen molar-refractivity contribution in [1.29, 1.82) is 0 Å². The molecule has 0 atom stereocenters. The Labute approximate surface area is 161 Å². The third-order valence-corrected chi connectivity index (χ3v) is 3.01. The molecule has 158 valence electrons. The first-order valence-electron chi connectivity index (χ1n) is 8.87. The van der Waals surface area contributed by atoms with Gasteiger partial charge in [0.15, 0.2) is 0 Å². The van der Waals surface area contributed by atoms with Crippen LogP contribution in [0, 0.1) is 0 Å². The minimum atomic E-state index is -0.673. The van der Waals surface area contributed by atoms with Crippen molar-refractivity contribution in [3.8, 4) is 0 Å². The molecule has 0 aromatic rings. The molecule has 14 heteroatoms. The Balaban J connectivity index is 3.31. The predicted octanol–water partition coefficient (Wildman–Crippen LogP) is 3.26. The number of amides is 2. The summed E-state index contributed by atoms with van der Waals surface area (Å²) in [4.78, 5) is 45.9. The summed E-state index contributed by atoms with van der Waals surface area (Å²) in [5.74, 6) is 0. The molecule has 0 saturated carbocycles. The van der Waals surface area contributed by atoms with E-state index in [2.05, 4.69) is 50.2 Å². The van der Waals surface area contributed by atoms with Crippen molar-refractivity contribution >= 4 is 12.2 Å². The van der Waals surface area contributed by atoms with Crippen LogP contribution in [-0.2, 0) is 19.6 Å². The van der Waals surface area contributed by atoms with E-state index in [-0.39, 0.29) is 26.3 Å². The highest BCUT2D eigenvalue weighted by Gasteiger charge is 2.03. The summed E-state index contributed by atoms with van der Waals surface area (Å²) in [6.45, 7) is 1.76. The van der Waals surface area contributed by atoms with Crippen LogP contribution in [0.3, 0.4) is 0 Å². The van der Waals surface area contributed by atoms with Crippen LogP contribution >= 0.6 is 0 Å². The van der Waals surface area contributed by atoms with E-state index in [0.717, 1.165) is 25.7 Å². The third-order valence-electron chi connectivity index (χ3n) is 3.01. The van der Waals surface area contributed by atoms with Gasteiger partial charge < -0.3 is 10.6 Å². The Kier molecular flexibility index (Phi) is 18.3. The number of nitrogens with zero attached hydrogens (tertiary/aromatic N) is 6. The summed E-state index contributed by atoms with van der Waals surface area (Å²) < 4.78 is 0. The molecule has 0 rings (SSSR count). The van der Waals surface area contributed by atoms with E-state index in [1.54, 1.807) is 0 Å². The van der Waals surface area contributed by atoms with Crippen LogP contribution in [-0.4, -0.2) is 51.6 Å². The second-order valence-electron chi connectivity index (χ2n) is 5.27. The number of unbranched alkanes of at least 4 members (excludes halogenated alkanes) is 3. The minimum absolute atomic E-state index is 0.155. The van der Waals surface area contributed by atoms with Gasteiger partial charge in [0.05, 0.1) is 13.2 Å². The van der Waals surface area contributed by atoms with E-state index < -0.39 is 12.2 Å². The number of rotatable bonds is 17. The number of carbonyl (C=O) groups excluding carboxylic acids is 2. The third kappa shape index (κ3) is 19.4. The Morgan fingerprint density at radius 3 is 1.54 bits per heavy atom. The van der Waals surface area contributed by atoms with Crippen LogP contribution < -0.4 is 10.6 Å². The second kappa shape index (κ2) is 20.4. The molecule has 0 aromatic carbocycles. The molecule has 14 nitrogen and oxygen atoms in total. The number of azide groups is 2. The quantitative estimate of drug-likeness (QED) is 0.0935. The summed E-state index contributed by atoms with van der Waals surface area (Å²) in [5.41, 5.74) is 16.1. The van der Waals surface area contributed by atoms with Gasteiger partial charge in [0.1, 0.15) is 0 Å². The lowest BCUT2D eigenvalue weighted by Gasteiger charge is -2.06. The maximum absolute atomic E-state index is 11.3. The topological polar surface area (TPSA) is 193 Å². The van der Waals surface area contributed by atoms with E-state index in [4.69, 9.17) is 11.1 Å². The summed E-state index contributed by atoms with van der Waals surface area (Å²) in [6.07, 6.45) is 2.81. The number of hydrogen-bond donors (Lipinski definition) is 2. The molecule has 0 aromatic heterocycles. The van der Waals surface area contributed by atoms with Crippen molar-refractivity contribution < 1.29 is 29.1 Å². The van der Waals surface area contributed by atoms with E-state index in [0.29, 0.717) is 25.9 Å². The molecule has 0 saturated heterocycles. The van der Waals surface area contributed by atoms with E-state index >= 15 is 0 Å². The highest BCUT2D eigenvalue weighted by Crippen LogP contribution is 1.98. The van der Waals surface area contributed by atoms with Gasteiger partial charge in [-0.3, -0.25) is 9.78 Å². The fraction of sp³-hybridized carbons (Fsp3) is 0.857. The highest BCUT2D eigenvalue weighted by atomic mass is 17.2. The van der Waals surface area contributed by atoms with Gasteiger partial charge in [0, 0.05) is 36.0 Å². The van der Waals surface area contributed by atoms with Crippen molar-refractivity contribution in [1.82, 2.24) is 10.6 Å². The molecular formula is C14H26N8O6. The van der Waals surface area contributed by atoms with Crippen molar-refractivity contribution in [2.45, 2.75) is 38.5 Å². The smallest absolute Gasteiger partial charge is 0.319 e. The van der Waals surface area contributed by atoms with Gasteiger partial charge in [0.25, 0.3) is 0 Å². The molecule has 2 N–H and O–H groups in total. The van der Waals surface area contributed by atoms with Crippen molar-refractivity contribution in [3.05, 3.63) is 20.9 Å². The number of carbonyl (C=O) groups is 2. The van der Waals surface area contributed by atoms with Gasteiger partial charge in [-0.05, 0) is 36.7 Å². The molecule has 0 bridgehead atoms. The Hall–Kier alpha value is -2.92. The fourth-order valence-electron chi connectivity index (χ4n) is 1.71. The lowest BCUT2D eigenvalue weighted by molar-refractivity contribution is -0.238. The minimum Gasteiger partial charge on any atom is -0.319 e. The van der Waals surface area contributed by atoms with Crippen molar-refractivity contribution in [2.24, 2.45) is 10.2 Å². The Morgan fingerprint density at radius 1 is 0.714 bits per heavy atom. The second-order valence-corrected chi connectivity index (χ2v) is 5.27. The first kappa shape index (κ1) is 25.1. The van der Waals surface area contributed by atoms with Gasteiger partial charge in [-0.15, -0.1) is 0 Å². The van der Waals surface area contributed by atoms with Gasteiger partial charge in [-0.25, -0.2) is 9.59 Å². The molecule has 0 heterocycles. The van der Waals surface area contributed by atoms with Crippen LogP contribution in [0.5, 0.6) is 0 Å². The van der Waals surface area contributed by atoms with Crippen molar-refractivity contribution in [3.63, 3.8) is 0 Å². The Morgan fingerprint density at radius 2 is 1.14 bits per heavy atom. The maximum atomic E-state index is 11.3. The van der Waals surface area contributed by atoms with Crippen LogP contribution in [0.2, 0.25) is 0 Å². The lowest BCUT2D eigenvalue weighted by atomic mass is 10.2. The van der Waals surface area contributed by atoms with Gasteiger partial charge >= 0.3 is 12.2 Å². The zero-order chi connectivity index (χ0) is 20.7. The molecule has 0 fully saturated rings. The van der Waals surface area contributed by atoms with Crippen LogP contribution in [0.25, 0.3) is 20.9 Å². The summed E-state index contributed by atoms with van der Waals surface area (Å²) >= 11 is 0. The van der Waals surface area contributed by atoms with E-state index in [1.165, 1.54) is 0 Å². The first-order chi connectivity index (χ1) is 13.7. The molecule has 0 unspecified atom stereocenters. The fourth-order valence-corrected chi connectivity index (χ4v) is 1.71. The molecule has 0 radical (unpaired) electrons. The monoisotopic (exact) mass is 402 g/mol. The average Bonchev–Trinajstić information content (AvgIpc) is 2.69. The number of hydrogen-bond acceptors (Lipinski definition) is 8. The molecular weight excluding hydrogens is 376 g/mol. The first-order valence-corrected chi connectivity index (χ1v) is 8.87. The van der Waals surface area contributed by atoms with E-state index in [9.17, 15) is 9.59 Å². The summed E-state index contributed by atoms with van der Waals surface area (Å²) in [6, 6.07) is 0. The molecule has 0 aliphatic heterocycles.